The molecule has 0 radical (unpaired) electrons. The topological polar surface area (TPSA) is 46.6 Å². The summed E-state index contributed by atoms with van der Waals surface area (Å²) in [6, 6.07) is 28.0. The molecule has 1 atom stereocenters. The van der Waals surface area contributed by atoms with E-state index in [1.807, 2.05) is 103 Å². The Balaban J connectivity index is 2.14. The summed E-state index contributed by atoms with van der Waals surface area (Å²) in [5.74, 6) is -0.352. The van der Waals surface area contributed by atoms with Gasteiger partial charge in [0, 0.05) is 17.2 Å². The van der Waals surface area contributed by atoms with E-state index in [0.29, 0.717) is 23.6 Å². The zero-order valence-corrected chi connectivity index (χ0v) is 18.4. The lowest BCUT2D eigenvalue weighted by atomic mass is 10.1. The number of hydrogen-bond acceptors (Lipinski definition) is 3. The van der Waals surface area contributed by atoms with Gasteiger partial charge in [-0.05, 0) is 43.2 Å². The van der Waals surface area contributed by atoms with Crippen molar-refractivity contribution in [3.05, 3.63) is 96.6 Å². The Morgan fingerprint density at radius 2 is 1.30 bits per heavy atom. The molecule has 5 heteroatoms. The average Bonchev–Trinajstić information content (AvgIpc) is 2.80. The quantitative estimate of drug-likeness (QED) is 0.379. The van der Waals surface area contributed by atoms with Crippen LogP contribution < -0.4 is 10.6 Å². The summed E-state index contributed by atoms with van der Waals surface area (Å²) in [5.41, 5.74) is 1.00. The second kappa shape index (κ2) is 10.4. The predicted molar refractivity (Wildman–Crippen MR) is 123 cm³/mol. The van der Waals surface area contributed by atoms with Crippen LogP contribution in [-0.4, -0.2) is 29.8 Å². The first kappa shape index (κ1) is 22.0. The van der Waals surface area contributed by atoms with Crippen molar-refractivity contribution in [1.29, 1.82) is 0 Å². The third-order valence-electron chi connectivity index (χ3n) is 5.09. The minimum atomic E-state index is -3.27. The molecule has 0 aliphatic carbocycles. The van der Waals surface area contributed by atoms with Crippen LogP contribution in [0.5, 0.6) is 0 Å². The molecular formula is C25H28NO3P. The first-order valence-corrected chi connectivity index (χ1v) is 12.0. The van der Waals surface area contributed by atoms with Crippen molar-refractivity contribution < 1.29 is 14.1 Å². The van der Waals surface area contributed by atoms with Crippen LogP contribution in [0.1, 0.15) is 19.4 Å². The summed E-state index contributed by atoms with van der Waals surface area (Å²) in [6.07, 6.45) is 0.428. The van der Waals surface area contributed by atoms with E-state index >= 15 is 0 Å². The molecule has 0 heterocycles. The van der Waals surface area contributed by atoms with Crippen molar-refractivity contribution in [1.82, 2.24) is 4.67 Å². The van der Waals surface area contributed by atoms with Crippen molar-refractivity contribution >= 4 is 23.9 Å². The van der Waals surface area contributed by atoms with Crippen LogP contribution in [-0.2, 0) is 20.5 Å². The van der Waals surface area contributed by atoms with Gasteiger partial charge in [0.25, 0.3) is 0 Å². The number of carbonyl (C=O) groups excluding carboxylic acids is 1. The van der Waals surface area contributed by atoms with Gasteiger partial charge < -0.3 is 4.74 Å². The fraction of sp³-hybridized carbons (Fsp3) is 0.240. The van der Waals surface area contributed by atoms with E-state index < -0.39 is 13.3 Å². The zero-order valence-electron chi connectivity index (χ0n) is 17.5. The fourth-order valence-electron chi connectivity index (χ4n) is 3.71. The van der Waals surface area contributed by atoms with Crippen molar-refractivity contribution in [2.45, 2.75) is 26.3 Å². The zero-order chi connectivity index (χ0) is 21.4. The second-order valence-corrected chi connectivity index (χ2v) is 9.66. The summed E-state index contributed by atoms with van der Waals surface area (Å²) in [4.78, 5) is 13.1. The maximum atomic E-state index is 14.8. The maximum absolute atomic E-state index is 14.8. The third-order valence-corrected chi connectivity index (χ3v) is 8.37. The standard InChI is InChI=1S/C25H28NO3P/c1-3-26(24(25(27)29-4-2)20-21-14-8-5-9-15-21)30(28,22-16-10-6-11-17-22)23-18-12-7-13-19-23/h5-19,24H,3-4,20H2,1-2H3/t24-/m0/s1. The van der Waals surface area contributed by atoms with Gasteiger partial charge in [0.2, 0.25) is 7.29 Å². The Morgan fingerprint density at radius 3 is 1.73 bits per heavy atom. The lowest BCUT2D eigenvalue weighted by Crippen LogP contribution is -2.45. The van der Waals surface area contributed by atoms with Crippen LogP contribution in [0.15, 0.2) is 91.0 Å². The molecule has 0 amide bonds. The Morgan fingerprint density at radius 1 is 0.833 bits per heavy atom. The molecule has 0 saturated carbocycles. The van der Waals surface area contributed by atoms with Gasteiger partial charge in [0.1, 0.15) is 6.04 Å². The normalized spacial score (nSPS) is 12.5. The van der Waals surface area contributed by atoms with Crippen LogP contribution >= 0.6 is 7.29 Å². The van der Waals surface area contributed by atoms with Crippen molar-refractivity contribution in [3.8, 4) is 0 Å². The number of likely N-dealkylation sites (N-methyl/N-ethyl adjacent to an activating group) is 1. The summed E-state index contributed by atoms with van der Waals surface area (Å²) in [7, 11) is -3.27. The van der Waals surface area contributed by atoms with Crippen molar-refractivity contribution in [3.63, 3.8) is 0 Å². The lowest BCUT2D eigenvalue weighted by Gasteiger charge is -2.36. The molecule has 156 valence electrons. The summed E-state index contributed by atoms with van der Waals surface area (Å²) in [5, 5.41) is 1.42. The molecule has 0 aliphatic heterocycles. The summed E-state index contributed by atoms with van der Waals surface area (Å²) >= 11 is 0. The Kier molecular flexibility index (Phi) is 7.62. The highest BCUT2D eigenvalue weighted by Crippen LogP contribution is 2.49. The van der Waals surface area contributed by atoms with Gasteiger partial charge in [0.15, 0.2) is 0 Å². The monoisotopic (exact) mass is 421 g/mol. The molecule has 0 fully saturated rings. The molecule has 0 spiro atoms. The van der Waals surface area contributed by atoms with Gasteiger partial charge >= 0.3 is 5.97 Å². The minimum absolute atomic E-state index is 0.280. The van der Waals surface area contributed by atoms with Gasteiger partial charge in [-0.3, -0.25) is 9.36 Å². The Labute approximate surface area is 178 Å². The van der Waals surface area contributed by atoms with Crippen LogP contribution in [0.4, 0.5) is 0 Å². The van der Waals surface area contributed by atoms with E-state index in [4.69, 9.17) is 4.74 Å². The van der Waals surface area contributed by atoms with E-state index in [9.17, 15) is 9.36 Å². The number of carbonyl (C=O) groups is 1. The van der Waals surface area contributed by atoms with E-state index in [1.165, 1.54) is 0 Å². The first-order valence-electron chi connectivity index (χ1n) is 10.3. The van der Waals surface area contributed by atoms with E-state index in [2.05, 4.69) is 0 Å². The SMILES string of the molecule is CCOC(=O)[C@H](Cc1ccccc1)N(CC)P(=O)(c1ccccc1)c1ccccc1. The van der Waals surface area contributed by atoms with Gasteiger partial charge in [-0.2, -0.15) is 0 Å². The molecule has 4 nitrogen and oxygen atoms in total. The fourth-order valence-corrected chi connectivity index (χ4v) is 6.72. The molecule has 3 aromatic carbocycles. The van der Waals surface area contributed by atoms with Gasteiger partial charge in [0.05, 0.1) is 6.61 Å². The number of hydrogen-bond donors (Lipinski definition) is 0. The first-order chi connectivity index (χ1) is 14.6. The summed E-state index contributed by atoms with van der Waals surface area (Å²) < 4.78 is 22.1. The largest absolute Gasteiger partial charge is 0.465 e. The summed E-state index contributed by atoms with van der Waals surface area (Å²) in [6.45, 7) is 4.46. The van der Waals surface area contributed by atoms with Crippen LogP contribution in [0.25, 0.3) is 0 Å². The van der Waals surface area contributed by atoms with Crippen molar-refractivity contribution in [2.75, 3.05) is 13.2 Å². The van der Waals surface area contributed by atoms with Crippen LogP contribution in [0.3, 0.4) is 0 Å². The van der Waals surface area contributed by atoms with Crippen LogP contribution in [0.2, 0.25) is 0 Å². The smallest absolute Gasteiger partial charge is 0.324 e. The molecule has 0 N–H and O–H groups in total. The number of nitrogens with zero attached hydrogens (tertiary/aromatic N) is 1. The Bertz CT molecular complexity index is 934. The highest BCUT2D eigenvalue weighted by molar-refractivity contribution is 7.76. The molecular weight excluding hydrogens is 393 g/mol. The number of esters is 1. The lowest BCUT2D eigenvalue weighted by molar-refractivity contribution is -0.147. The highest BCUT2D eigenvalue weighted by atomic mass is 31.2. The maximum Gasteiger partial charge on any atom is 0.324 e. The molecule has 0 bridgehead atoms. The van der Waals surface area contributed by atoms with E-state index in [0.717, 1.165) is 5.56 Å². The third kappa shape index (κ3) is 4.72. The average molecular weight is 421 g/mol. The number of ether oxygens (including phenoxy) is 1. The number of rotatable bonds is 9. The molecule has 30 heavy (non-hydrogen) atoms. The molecule has 0 saturated heterocycles. The highest BCUT2D eigenvalue weighted by Gasteiger charge is 2.41. The molecule has 0 aromatic heterocycles. The van der Waals surface area contributed by atoms with Gasteiger partial charge in [-0.25, -0.2) is 4.67 Å². The minimum Gasteiger partial charge on any atom is -0.465 e. The molecule has 0 unspecified atom stereocenters. The van der Waals surface area contributed by atoms with E-state index in [1.54, 1.807) is 6.92 Å². The number of benzene rings is 3. The van der Waals surface area contributed by atoms with Crippen molar-refractivity contribution in [2.24, 2.45) is 0 Å². The molecule has 3 rings (SSSR count). The van der Waals surface area contributed by atoms with Crippen LogP contribution in [0, 0.1) is 0 Å². The molecule has 0 aliphatic rings. The molecule has 3 aromatic rings. The predicted octanol–water partition coefficient (Wildman–Crippen LogP) is 4.41. The van der Waals surface area contributed by atoms with Gasteiger partial charge in [-0.15, -0.1) is 0 Å². The Hall–Kier alpha value is -2.68. The van der Waals surface area contributed by atoms with Gasteiger partial charge in [-0.1, -0.05) is 73.7 Å². The van der Waals surface area contributed by atoms with E-state index in [-0.39, 0.29) is 12.6 Å². The second-order valence-electron chi connectivity index (χ2n) is 6.96.